The van der Waals surface area contributed by atoms with Crippen molar-refractivity contribution in [2.45, 2.75) is 39.2 Å². The maximum absolute atomic E-state index is 12.4. The number of Topliss-reactive ketones (excluding diaryl/α,β-unsaturated/α-hetero) is 1. The number of ketones is 1. The minimum atomic E-state index is -0.0133. The molecule has 0 radical (unpaired) electrons. The van der Waals surface area contributed by atoms with Crippen LogP contribution >= 0.6 is 0 Å². The summed E-state index contributed by atoms with van der Waals surface area (Å²) in [5, 5.41) is 3.33. The van der Waals surface area contributed by atoms with Gasteiger partial charge in [0, 0.05) is 23.2 Å². The van der Waals surface area contributed by atoms with Gasteiger partial charge >= 0.3 is 0 Å². The molecule has 0 bridgehead atoms. The van der Waals surface area contributed by atoms with Crippen molar-refractivity contribution in [3.05, 3.63) is 29.3 Å². The van der Waals surface area contributed by atoms with Gasteiger partial charge in [0.15, 0.2) is 5.78 Å². The lowest BCUT2D eigenvalue weighted by Gasteiger charge is -2.32. The molecule has 0 saturated carbocycles. The van der Waals surface area contributed by atoms with Crippen molar-refractivity contribution < 1.29 is 9.59 Å². The van der Waals surface area contributed by atoms with Crippen LogP contribution in [-0.2, 0) is 11.2 Å². The number of hydrogen-bond donors (Lipinski definition) is 1. The lowest BCUT2D eigenvalue weighted by molar-refractivity contribution is -0.117. The number of amides is 1. The van der Waals surface area contributed by atoms with Crippen LogP contribution < -0.4 is 10.2 Å². The van der Waals surface area contributed by atoms with Gasteiger partial charge in [0.2, 0.25) is 5.91 Å². The molecule has 2 heterocycles. The molecule has 4 nitrogen and oxygen atoms in total. The third kappa shape index (κ3) is 2.60. The van der Waals surface area contributed by atoms with E-state index in [2.05, 4.69) is 5.32 Å². The maximum Gasteiger partial charge on any atom is 0.231 e. The molecule has 1 saturated heterocycles. The first-order valence-corrected chi connectivity index (χ1v) is 7.78. The fourth-order valence-corrected chi connectivity index (χ4v) is 3.30. The predicted molar refractivity (Wildman–Crippen MR) is 82.7 cm³/mol. The second-order valence-corrected chi connectivity index (χ2v) is 6.28. The van der Waals surface area contributed by atoms with Crippen molar-refractivity contribution >= 4 is 17.4 Å². The number of nitrogens with zero attached hydrogens (tertiary/aromatic N) is 1. The molecule has 112 valence electrons. The van der Waals surface area contributed by atoms with Crippen molar-refractivity contribution in [3.8, 4) is 0 Å². The molecule has 21 heavy (non-hydrogen) atoms. The molecule has 1 N–H and O–H groups in total. The Kier molecular flexibility index (Phi) is 3.81. The molecular weight excluding hydrogens is 264 g/mol. The van der Waals surface area contributed by atoms with Gasteiger partial charge in [-0.25, -0.2) is 0 Å². The van der Waals surface area contributed by atoms with Crippen LogP contribution in [0.2, 0.25) is 0 Å². The monoisotopic (exact) mass is 286 g/mol. The summed E-state index contributed by atoms with van der Waals surface area (Å²) in [6, 6.07) is 6.04. The number of anilines is 1. The molecule has 2 aliphatic heterocycles. The molecule has 3 rings (SSSR count). The van der Waals surface area contributed by atoms with Crippen molar-refractivity contribution in [1.29, 1.82) is 0 Å². The van der Waals surface area contributed by atoms with Crippen LogP contribution in [0, 0.1) is 5.92 Å². The minimum Gasteiger partial charge on any atom is -0.317 e. The lowest BCUT2D eigenvalue weighted by Crippen LogP contribution is -2.44. The lowest BCUT2D eigenvalue weighted by atomic mass is 9.98. The van der Waals surface area contributed by atoms with Gasteiger partial charge in [0.1, 0.15) is 0 Å². The van der Waals surface area contributed by atoms with Crippen LogP contribution in [0.1, 0.15) is 42.6 Å². The van der Waals surface area contributed by atoms with E-state index >= 15 is 0 Å². The molecule has 1 amide bonds. The molecular formula is C17H22N2O2. The van der Waals surface area contributed by atoms with Gasteiger partial charge in [-0.15, -0.1) is 0 Å². The number of rotatable bonds is 3. The number of benzene rings is 1. The third-order valence-electron chi connectivity index (χ3n) is 4.43. The second kappa shape index (κ2) is 5.60. The Morgan fingerprint density at radius 2 is 2.00 bits per heavy atom. The fourth-order valence-electron chi connectivity index (χ4n) is 3.30. The Labute approximate surface area is 125 Å². The normalized spacial score (nSPS) is 19.2. The quantitative estimate of drug-likeness (QED) is 0.866. The topological polar surface area (TPSA) is 49.4 Å². The highest BCUT2D eigenvalue weighted by Gasteiger charge is 2.34. The number of hydrogen-bond acceptors (Lipinski definition) is 3. The number of nitrogens with one attached hydrogen (secondary N) is 1. The van der Waals surface area contributed by atoms with Gasteiger partial charge in [0.05, 0.1) is 6.42 Å². The summed E-state index contributed by atoms with van der Waals surface area (Å²) < 4.78 is 0. The van der Waals surface area contributed by atoms with Gasteiger partial charge in [-0.1, -0.05) is 13.8 Å². The van der Waals surface area contributed by atoms with E-state index in [0.29, 0.717) is 12.5 Å². The molecule has 1 aromatic rings. The van der Waals surface area contributed by atoms with Gasteiger partial charge in [0.25, 0.3) is 0 Å². The Morgan fingerprint density at radius 1 is 1.29 bits per heavy atom. The Bertz CT molecular complexity index is 574. The molecule has 2 aliphatic rings. The Morgan fingerprint density at radius 3 is 2.67 bits per heavy atom. The Hall–Kier alpha value is -1.68. The highest BCUT2D eigenvalue weighted by molar-refractivity contribution is 6.04. The third-order valence-corrected chi connectivity index (χ3v) is 4.43. The van der Waals surface area contributed by atoms with Gasteiger partial charge in [-0.2, -0.15) is 0 Å². The zero-order valence-corrected chi connectivity index (χ0v) is 12.7. The van der Waals surface area contributed by atoms with Crippen LogP contribution in [0.25, 0.3) is 0 Å². The molecule has 0 aliphatic carbocycles. The molecule has 0 unspecified atom stereocenters. The smallest absolute Gasteiger partial charge is 0.231 e. The van der Waals surface area contributed by atoms with E-state index in [1.807, 2.05) is 36.9 Å². The molecule has 1 fully saturated rings. The summed E-state index contributed by atoms with van der Waals surface area (Å²) >= 11 is 0. The van der Waals surface area contributed by atoms with Gasteiger partial charge in [-0.3, -0.25) is 9.59 Å². The minimum absolute atomic E-state index is 0.0133. The van der Waals surface area contributed by atoms with E-state index < -0.39 is 0 Å². The fraction of sp³-hybridized carbons (Fsp3) is 0.529. The zero-order valence-electron chi connectivity index (χ0n) is 12.7. The van der Waals surface area contributed by atoms with Crippen LogP contribution in [0.5, 0.6) is 0 Å². The zero-order chi connectivity index (χ0) is 15.0. The summed E-state index contributed by atoms with van der Waals surface area (Å²) in [6.45, 7) is 5.74. The summed E-state index contributed by atoms with van der Waals surface area (Å²) in [6.07, 6.45) is 2.42. The first-order chi connectivity index (χ1) is 10.1. The summed E-state index contributed by atoms with van der Waals surface area (Å²) in [4.78, 5) is 26.4. The Balaban J connectivity index is 1.89. The maximum atomic E-state index is 12.4. The van der Waals surface area contributed by atoms with Crippen LogP contribution in [0.3, 0.4) is 0 Å². The highest BCUT2D eigenvalue weighted by atomic mass is 16.2. The number of piperidine rings is 1. The largest absolute Gasteiger partial charge is 0.317 e. The van der Waals surface area contributed by atoms with Crippen molar-refractivity contribution in [1.82, 2.24) is 5.32 Å². The van der Waals surface area contributed by atoms with Gasteiger partial charge < -0.3 is 10.2 Å². The predicted octanol–water partition coefficient (Wildman–Crippen LogP) is 2.17. The number of carbonyl (C=O) groups is 2. The van der Waals surface area contributed by atoms with Crippen molar-refractivity contribution in [2.75, 3.05) is 18.0 Å². The van der Waals surface area contributed by atoms with Crippen LogP contribution in [0.4, 0.5) is 5.69 Å². The number of fused-ring (bicyclic) bond motifs is 1. The number of carbonyl (C=O) groups excluding carboxylic acids is 2. The molecule has 0 atom stereocenters. The van der Waals surface area contributed by atoms with Gasteiger partial charge in [-0.05, 0) is 49.7 Å². The van der Waals surface area contributed by atoms with E-state index in [-0.39, 0.29) is 17.6 Å². The average Bonchev–Trinajstić information content (AvgIpc) is 2.82. The molecule has 4 heteroatoms. The van der Waals surface area contributed by atoms with E-state index in [1.54, 1.807) is 0 Å². The van der Waals surface area contributed by atoms with E-state index in [4.69, 9.17) is 0 Å². The van der Waals surface area contributed by atoms with E-state index in [0.717, 1.165) is 42.7 Å². The standard InChI is InChI=1S/C17H22N2O2/c1-11(2)17(21)12-3-4-15-13(9-12)10-16(20)19(15)14-5-7-18-8-6-14/h3-4,9,11,14,18H,5-8,10H2,1-2H3. The average molecular weight is 286 g/mol. The SMILES string of the molecule is CC(C)C(=O)c1ccc2c(c1)CC(=O)N2C1CCNCC1. The van der Waals surface area contributed by atoms with E-state index in [9.17, 15) is 9.59 Å². The summed E-state index contributed by atoms with van der Waals surface area (Å²) in [5.74, 6) is 0.303. The molecule has 1 aromatic carbocycles. The summed E-state index contributed by atoms with van der Waals surface area (Å²) in [5.41, 5.74) is 2.74. The van der Waals surface area contributed by atoms with Crippen molar-refractivity contribution in [2.24, 2.45) is 5.92 Å². The second-order valence-electron chi connectivity index (χ2n) is 6.28. The van der Waals surface area contributed by atoms with Crippen LogP contribution in [-0.4, -0.2) is 30.8 Å². The first-order valence-electron chi connectivity index (χ1n) is 7.78. The van der Waals surface area contributed by atoms with Crippen LogP contribution in [0.15, 0.2) is 18.2 Å². The van der Waals surface area contributed by atoms with E-state index in [1.165, 1.54) is 0 Å². The molecule has 0 spiro atoms. The first kappa shape index (κ1) is 14.3. The highest BCUT2D eigenvalue weighted by Crippen LogP contribution is 2.33. The molecule has 0 aromatic heterocycles. The summed E-state index contributed by atoms with van der Waals surface area (Å²) in [7, 11) is 0. The van der Waals surface area contributed by atoms with Crippen molar-refractivity contribution in [3.63, 3.8) is 0 Å².